The third-order valence-electron chi connectivity index (χ3n) is 5.10. The van der Waals surface area contributed by atoms with Gasteiger partial charge in [0, 0.05) is 0 Å². The van der Waals surface area contributed by atoms with Gasteiger partial charge in [0.05, 0.1) is 32.2 Å². The number of carbonyl (C=O) groups excluding carboxylic acids is 2. The summed E-state index contributed by atoms with van der Waals surface area (Å²) in [6.45, 7) is 4.30. The predicted molar refractivity (Wildman–Crippen MR) is 103 cm³/mol. The van der Waals surface area contributed by atoms with Crippen molar-refractivity contribution in [2.45, 2.75) is 25.3 Å². The fourth-order valence-corrected chi connectivity index (χ4v) is 3.76. The summed E-state index contributed by atoms with van der Waals surface area (Å²) in [6.07, 6.45) is 0.116. The highest BCUT2D eigenvalue weighted by atomic mass is 16.5. The van der Waals surface area contributed by atoms with E-state index in [1.807, 2.05) is 36.4 Å². The van der Waals surface area contributed by atoms with Crippen LogP contribution in [0.4, 0.5) is 0 Å². The van der Waals surface area contributed by atoms with Gasteiger partial charge in [-0.15, -0.1) is 0 Å². The molecule has 2 N–H and O–H groups in total. The summed E-state index contributed by atoms with van der Waals surface area (Å²) in [7, 11) is 0. The Hall–Kier alpha value is -2.66. The van der Waals surface area contributed by atoms with E-state index in [4.69, 9.17) is 4.74 Å². The van der Waals surface area contributed by atoms with Crippen molar-refractivity contribution in [3.8, 4) is 0 Å². The zero-order valence-electron chi connectivity index (χ0n) is 15.7. The van der Waals surface area contributed by atoms with Crippen molar-refractivity contribution in [1.29, 1.82) is 0 Å². The summed E-state index contributed by atoms with van der Waals surface area (Å²) in [5, 5.41) is 2.89. The zero-order chi connectivity index (χ0) is 19.1. The van der Waals surface area contributed by atoms with Crippen LogP contribution < -0.4 is 10.2 Å². The molecule has 2 atom stereocenters. The molecule has 2 aromatic rings. The van der Waals surface area contributed by atoms with Crippen LogP contribution in [0.3, 0.4) is 0 Å². The first-order valence-corrected chi connectivity index (χ1v) is 9.56. The molecule has 1 amide bonds. The van der Waals surface area contributed by atoms with Crippen LogP contribution in [0.5, 0.6) is 0 Å². The molecular formula is C22H27N2O3+. The molecule has 1 fully saturated rings. The van der Waals surface area contributed by atoms with Crippen LogP contribution in [-0.4, -0.2) is 44.2 Å². The average molecular weight is 367 g/mol. The minimum atomic E-state index is -0.410. The topological polar surface area (TPSA) is 59.8 Å². The molecule has 5 nitrogen and oxygen atoms in total. The smallest absolute Gasteiger partial charge is 0.312 e. The van der Waals surface area contributed by atoms with Gasteiger partial charge in [0.2, 0.25) is 0 Å². The molecule has 0 saturated carbocycles. The summed E-state index contributed by atoms with van der Waals surface area (Å²) in [6, 6.07) is 20.3. The van der Waals surface area contributed by atoms with Crippen molar-refractivity contribution in [3.63, 3.8) is 0 Å². The van der Waals surface area contributed by atoms with Gasteiger partial charge >= 0.3 is 5.97 Å². The molecule has 0 spiro atoms. The van der Waals surface area contributed by atoms with Gasteiger partial charge < -0.3 is 15.0 Å². The number of benzene rings is 2. The van der Waals surface area contributed by atoms with Crippen LogP contribution in [-0.2, 0) is 14.3 Å². The highest BCUT2D eigenvalue weighted by Gasteiger charge is 2.37. The molecule has 0 radical (unpaired) electrons. The molecule has 1 aliphatic heterocycles. The van der Waals surface area contributed by atoms with E-state index in [-0.39, 0.29) is 24.2 Å². The number of hydrogen-bond acceptors (Lipinski definition) is 3. The lowest BCUT2D eigenvalue weighted by Crippen LogP contribution is -3.19. The Morgan fingerprint density at radius 1 is 1.11 bits per heavy atom. The lowest BCUT2D eigenvalue weighted by molar-refractivity contribution is -0.918. The monoisotopic (exact) mass is 367 g/mol. The number of carbonyl (C=O) groups is 2. The Kier molecular flexibility index (Phi) is 6.60. The second-order valence-corrected chi connectivity index (χ2v) is 6.84. The van der Waals surface area contributed by atoms with Gasteiger partial charge in [0.1, 0.15) is 6.42 Å². The molecule has 0 aromatic heterocycles. The number of rotatable bonds is 7. The first-order valence-electron chi connectivity index (χ1n) is 9.56. The number of ether oxygens (including phenoxy) is 1. The van der Waals surface area contributed by atoms with E-state index in [1.165, 1.54) is 11.1 Å². The van der Waals surface area contributed by atoms with Gasteiger partial charge in [-0.1, -0.05) is 60.7 Å². The van der Waals surface area contributed by atoms with Gasteiger partial charge in [-0.25, -0.2) is 0 Å². The minimum absolute atomic E-state index is 0.0656. The van der Waals surface area contributed by atoms with E-state index in [0.717, 1.165) is 18.0 Å². The molecule has 2 aromatic carbocycles. The summed E-state index contributed by atoms with van der Waals surface area (Å²) in [4.78, 5) is 25.6. The van der Waals surface area contributed by atoms with Crippen LogP contribution in [0.1, 0.15) is 30.4 Å². The highest BCUT2D eigenvalue weighted by Crippen LogP contribution is 2.23. The maximum atomic E-state index is 12.5. The van der Waals surface area contributed by atoms with E-state index in [0.29, 0.717) is 13.2 Å². The number of piperazine rings is 1. The maximum absolute atomic E-state index is 12.5. The zero-order valence-corrected chi connectivity index (χ0v) is 15.7. The van der Waals surface area contributed by atoms with Crippen LogP contribution in [0, 0.1) is 0 Å². The second kappa shape index (κ2) is 9.33. The number of esters is 1. The van der Waals surface area contributed by atoms with E-state index in [1.54, 1.807) is 6.92 Å². The molecule has 1 saturated heterocycles. The van der Waals surface area contributed by atoms with Crippen LogP contribution >= 0.6 is 0 Å². The highest BCUT2D eigenvalue weighted by molar-refractivity contribution is 5.85. The molecule has 1 heterocycles. The third-order valence-corrected chi connectivity index (χ3v) is 5.10. The standard InChI is InChI=1S/C22H26N2O3/c1-2-27-21(25)15-20-22(26)23-13-14-24(20)16-19(17-9-5-3-6-10-17)18-11-7-4-8-12-18/h3-12,19-20H,2,13-16H2,1H3,(H,23,26)/p+1/t20-/m0/s1. The van der Waals surface area contributed by atoms with E-state index < -0.39 is 6.04 Å². The van der Waals surface area contributed by atoms with Crippen molar-refractivity contribution < 1.29 is 19.2 Å². The maximum Gasteiger partial charge on any atom is 0.312 e. The van der Waals surface area contributed by atoms with E-state index in [2.05, 4.69) is 29.6 Å². The third kappa shape index (κ3) is 4.95. The van der Waals surface area contributed by atoms with Gasteiger partial charge in [-0.05, 0) is 18.1 Å². The average Bonchev–Trinajstić information content (AvgIpc) is 2.70. The van der Waals surface area contributed by atoms with Crippen molar-refractivity contribution in [3.05, 3.63) is 71.8 Å². The van der Waals surface area contributed by atoms with Crippen molar-refractivity contribution in [2.75, 3.05) is 26.2 Å². The van der Waals surface area contributed by atoms with E-state index >= 15 is 0 Å². The molecule has 1 aliphatic rings. The van der Waals surface area contributed by atoms with Gasteiger partial charge in [0.25, 0.3) is 5.91 Å². The second-order valence-electron chi connectivity index (χ2n) is 6.84. The molecule has 0 bridgehead atoms. The predicted octanol–water partition coefficient (Wildman–Crippen LogP) is 1.16. The van der Waals surface area contributed by atoms with Crippen LogP contribution in [0.2, 0.25) is 0 Å². The fraction of sp³-hybridized carbons (Fsp3) is 0.364. The normalized spacial score (nSPS) is 19.6. The summed E-state index contributed by atoms with van der Waals surface area (Å²) >= 11 is 0. The van der Waals surface area contributed by atoms with Crippen LogP contribution in [0.15, 0.2) is 60.7 Å². The molecule has 0 aliphatic carbocycles. The molecule has 142 valence electrons. The molecule has 5 heteroatoms. The van der Waals surface area contributed by atoms with Gasteiger partial charge in [-0.2, -0.15) is 0 Å². The van der Waals surface area contributed by atoms with E-state index in [9.17, 15) is 9.59 Å². The van der Waals surface area contributed by atoms with Gasteiger partial charge in [-0.3, -0.25) is 9.59 Å². The summed E-state index contributed by atoms with van der Waals surface area (Å²) < 4.78 is 5.08. The van der Waals surface area contributed by atoms with Gasteiger partial charge in [0.15, 0.2) is 6.04 Å². The fourth-order valence-electron chi connectivity index (χ4n) is 3.76. The Morgan fingerprint density at radius 3 is 2.26 bits per heavy atom. The Labute approximate surface area is 160 Å². The quantitative estimate of drug-likeness (QED) is 0.722. The SMILES string of the molecule is CCOC(=O)C[C@H]1C(=O)NCC[NH+]1CC(c1ccccc1)c1ccccc1. The summed E-state index contributed by atoms with van der Waals surface area (Å²) in [5.74, 6) is -0.213. The number of nitrogens with one attached hydrogen (secondary N) is 2. The van der Waals surface area contributed by atoms with Crippen LogP contribution in [0.25, 0.3) is 0 Å². The lowest BCUT2D eigenvalue weighted by Gasteiger charge is -2.34. The van der Waals surface area contributed by atoms with Crippen molar-refractivity contribution in [1.82, 2.24) is 5.32 Å². The minimum Gasteiger partial charge on any atom is -0.466 e. The first-order chi connectivity index (χ1) is 13.2. The number of amides is 1. The Balaban J connectivity index is 1.84. The summed E-state index contributed by atoms with van der Waals surface area (Å²) in [5.41, 5.74) is 2.44. The molecular weight excluding hydrogens is 340 g/mol. The number of quaternary nitrogens is 1. The molecule has 27 heavy (non-hydrogen) atoms. The lowest BCUT2D eigenvalue weighted by atomic mass is 9.90. The van der Waals surface area contributed by atoms with Crippen molar-refractivity contribution >= 4 is 11.9 Å². The Morgan fingerprint density at radius 2 is 1.70 bits per heavy atom. The largest absolute Gasteiger partial charge is 0.466 e. The Bertz CT molecular complexity index is 709. The molecule has 1 unspecified atom stereocenters. The molecule has 3 rings (SSSR count). The number of hydrogen-bond donors (Lipinski definition) is 2. The first kappa shape index (κ1) is 19.1. The van der Waals surface area contributed by atoms with Crippen molar-refractivity contribution in [2.24, 2.45) is 0 Å².